The number of thioether (sulfide) groups is 2. The van der Waals surface area contributed by atoms with Crippen LogP contribution in [0.4, 0.5) is 0 Å². The smallest absolute Gasteiger partial charge is 0.352 e. The Morgan fingerprint density at radius 1 is 1.44 bits per heavy atom. The van der Waals surface area contributed by atoms with Crippen molar-refractivity contribution in [2.24, 2.45) is 12.2 Å². The summed E-state index contributed by atoms with van der Waals surface area (Å²) in [5.74, 6) is -1.73. The van der Waals surface area contributed by atoms with E-state index in [1.54, 1.807) is 7.05 Å². The Kier molecular flexibility index (Phi) is 6.38. The monoisotopic (exact) mass is 497 g/mol. The summed E-state index contributed by atoms with van der Waals surface area (Å²) >= 11 is 3.67. The molecule has 2 aromatic heterocycles. The van der Waals surface area contributed by atoms with Crippen LogP contribution in [0.2, 0.25) is 0 Å². The van der Waals surface area contributed by atoms with Gasteiger partial charge in [0.25, 0.3) is 11.8 Å². The third kappa shape index (κ3) is 4.05. The molecular weight excluding hydrogens is 482 g/mol. The zero-order chi connectivity index (χ0) is 22.8. The van der Waals surface area contributed by atoms with Crippen LogP contribution >= 0.6 is 35.1 Å². The second-order valence-corrected chi connectivity index (χ2v) is 9.06. The van der Waals surface area contributed by atoms with Gasteiger partial charge in [0.15, 0.2) is 5.71 Å². The van der Waals surface area contributed by atoms with E-state index in [4.69, 9.17) is 4.84 Å². The molecule has 2 aromatic rings. The molecule has 0 bridgehead atoms. The SMILES string of the molecule is CON=C(C(=O)NC1C(=O)N2C(C(=O)O)=C(CSc3nnnn3C)CS[C@@H]12)c1csnn1. The van der Waals surface area contributed by atoms with Crippen molar-refractivity contribution in [1.82, 2.24) is 40.0 Å². The fourth-order valence-electron chi connectivity index (χ4n) is 3.06. The number of aliphatic carboxylic acids is 1. The van der Waals surface area contributed by atoms with Gasteiger partial charge < -0.3 is 15.3 Å². The minimum absolute atomic E-state index is 0.0821. The van der Waals surface area contributed by atoms with Crippen LogP contribution in [-0.4, -0.2) is 93.3 Å². The van der Waals surface area contributed by atoms with Gasteiger partial charge >= 0.3 is 5.97 Å². The third-order valence-electron chi connectivity index (χ3n) is 4.49. The first-order valence-corrected chi connectivity index (χ1v) is 11.7. The highest BCUT2D eigenvalue weighted by Gasteiger charge is 2.54. The van der Waals surface area contributed by atoms with Gasteiger partial charge in [-0.1, -0.05) is 21.4 Å². The molecule has 0 aromatic carbocycles. The van der Waals surface area contributed by atoms with Gasteiger partial charge in [0.05, 0.1) is 0 Å². The van der Waals surface area contributed by atoms with Crippen molar-refractivity contribution in [2.75, 3.05) is 18.6 Å². The quantitative estimate of drug-likeness (QED) is 0.196. The normalized spacial score (nSPS) is 20.6. The largest absolute Gasteiger partial charge is 0.477 e. The number of rotatable bonds is 8. The van der Waals surface area contributed by atoms with E-state index in [1.807, 2.05) is 0 Å². The van der Waals surface area contributed by atoms with Gasteiger partial charge in [-0.25, -0.2) is 9.48 Å². The van der Waals surface area contributed by atoms with E-state index in [0.717, 1.165) is 11.5 Å². The molecule has 1 saturated heterocycles. The molecule has 2 atom stereocenters. The summed E-state index contributed by atoms with van der Waals surface area (Å²) in [6, 6.07) is -0.910. The number of fused-ring (bicyclic) bond motifs is 1. The Balaban J connectivity index is 1.49. The van der Waals surface area contributed by atoms with E-state index in [0.29, 0.717) is 22.2 Å². The maximum Gasteiger partial charge on any atom is 0.352 e. The summed E-state index contributed by atoms with van der Waals surface area (Å²) < 4.78 is 5.16. The summed E-state index contributed by atoms with van der Waals surface area (Å²) in [5, 5.41) is 32.4. The molecular formula is C15H15N9O5S3. The number of carboxylic acid groups (broad SMARTS) is 1. The van der Waals surface area contributed by atoms with E-state index in [2.05, 4.69) is 35.6 Å². The first-order valence-electron chi connectivity index (χ1n) is 8.87. The number of carboxylic acids is 1. The molecule has 1 fully saturated rings. The topological polar surface area (TPSA) is 178 Å². The van der Waals surface area contributed by atoms with Crippen LogP contribution in [0.15, 0.2) is 27.0 Å². The second-order valence-electron chi connectivity index (χ2n) is 6.40. The zero-order valence-corrected chi connectivity index (χ0v) is 19.0. The van der Waals surface area contributed by atoms with Crippen LogP contribution in [-0.2, 0) is 26.3 Å². The van der Waals surface area contributed by atoms with Crippen molar-refractivity contribution >= 4 is 58.6 Å². The Morgan fingerprint density at radius 3 is 2.88 bits per heavy atom. The Labute approximate surface area is 192 Å². The Bertz CT molecular complexity index is 1120. The molecule has 14 nitrogen and oxygen atoms in total. The highest BCUT2D eigenvalue weighted by Crippen LogP contribution is 2.41. The molecule has 2 aliphatic rings. The van der Waals surface area contributed by atoms with E-state index in [1.165, 1.54) is 45.6 Å². The molecule has 4 rings (SSSR count). The van der Waals surface area contributed by atoms with Crippen molar-refractivity contribution in [3.63, 3.8) is 0 Å². The number of hydrogen-bond donors (Lipinski definition) is 2. The summed E-state index contributed by atoms with van der Waals surface area (Å²) in [4.78, 5) is 43.3. The standard InChI is InChI=1S/C15H15N9O5S3/c1-23-15(18-20-21-23)31-4-6-3-30-13-9(12(26)24(13)10(6)14(27)28)16-11(25)8(19-29-2)7-5-32-22-17-7/h5,9,13H,3-4H2,1-2H3,(H,16,25)(H,27,28)/t9?,13-/m0/s1. The van der Waals surface area contributed by atoms with E-state index in [9.17, 15) is 19.5 Å². The fraction of sp³-hybridized carbons (Fsp3) is 0.400. The van der Waals surface area contributed by atoms with E-state index < -0.39 is 29.2 Å². The molecule has 0 aliphatic carbocycles. The van der Waals surface area contributed by atoms with Crippen molar-refractivity contribution in [3.8, 4) is 0 Å². The Hall–Kier alpha value is -3.05. The first-order chi connectivity index (χ1) is 15.4. The molecule has 1 unspecified atom stereocenters. The number of tetrazole rings is 1. The lowest BCUT2D eigenvalue weighted by Crippen LogP contribution is -2.71. The number of nitrogens with one attached hydrogen (secondary N) is 1. The molecule has 32 heavy (non-hydrogen) atoms. The van der Waals surface area contributed by atoms with Crippen molar-refractivity contribution in [1.29, 1.82) is 0 Å². The highest BCUT2D eigenvalue weighted by molar-refractivity contribution is 8.01. The molecule has 0 radical (unpaired) electrons. The number of carbonyl (C=O) groups excluding carboxylic acids is 2. The summed E-state index contributed by atoms with van der Waals surface area (Å²) in [6.07, 6.45) is 0. The predicted octanol–water partition coefficient (Wildman–Crippen LogP) is -1.06. The van der Waals surface area contributed by atoms with Gasteiger partial charge in [-0.2, -0.15) is 0 Å². The number of nitrogens with zero attached hydrogens (tertiary/aromatic N) is 8. The number of oxime groups is 1. The summed E-state index contributed by atoms with van der Waals surface area (Å²) in [6.45, 7) is 0. The average molecular weight is 498 g/mol. The van der Waals surface area contributed by atoms with Gasteiger partial charge in [0, 0.05) is 23.9 Å². The predicted molar refractivity (Wildman–Crippen MR) is 113 cm³/mol. The number of β-lactam (4-membered cyclic amide) rings is 1. The minimum atomic E-state index is -1.21. The van der Waals surface area contributed by atoms with Crippen LogP contribution in [0.1, 0.15) is 5.69 Å². The van der Waals surface area contributed by atoms with E-state index >= 15 is 0 Å². The lowest BCUT2D eigenvalue weighted by molar-refractivity contribution is -0.150. The zero-order valence-electron chi connectivity index (χ0n) is 16.5. The van der Waals surface area contributed by atoms with Gasteiger partial charge in [0.2, 0.25) is 5.16 Å². The van der Waals surface area contributed by atoms with E-state index in [-0.39, 0.29) is 17.1 Å². The van der Waals surface area contributed by atoms with Crippen molar-refractivity contribution in [3.05, 3.63) is 22.3 Å². The lowest BCUT2D eigenvalue weighted by atomic mass is 10.0. The van der Waals surface area contributed by atoms with Gasteiger partial charge in [-0.3, -0.25) is 14.5 Å². The van der Waals surface area contributed by atoms with Crippen LogP contribution in [0, 0.1) is 0 Å². The number of aryl methyl sites for hydroxylation is 1. The number of carbonyl (C=O) groups is 3. The lowest BCUT2D eigenvalue weighted by Gasteiger charge is -2.49. The second kappa shape index (κ2) is 9.21. The number of aromatic nitrogens is 6. The van der Waals surface area contributed by atoms with Crippen LogP contribution in [0.5, 0.6) is 0 Å². The van der Waals surface area contributed by atoms with Gasteiger partial charge in [0.1, 0.15) is 29.9 Å². The minimum Gasteiger partial charge on any atom is -0.477 e. The third-order valence-corrected chi connectivity index (χ3v) is 7.43. The van der Waals surface area contributed by atoms with Gasteiger partial charge in [-0.15, -0.1) is 22.0 Å². The molecule has 0 spiro atoms. The Morgan fingerprint density at radius 2 is 2.25 bits per heavy atom. The summed E-state index contributed by atoms with van der Waals surface area (Å²) in [7, 11) is 2.95. The fourth-order valence-corrected chi connectivity index (χ4v) is 5.84. The molecule has 168 valence electrons. The van der Waals surface area contributed by atoms with Crippen LogP contribution in [0.3, 0.4) is 0 Å². The van der Waals surface area contributed by atoms with Crippen molar-refractivity contribution < 1.29 is 24.3 Å². The molecule has 17 heteroatoms. The highest BCUT2D eigenvalue weighted by atomic mass is 32.2. The van der Waals surface area contributed by atoms with Crippen LogP contribution < -0.4 is 5.32 Å². The maximum atomic E-state index is 12.8. The van der Waals surface area contributed by atoms with Crippen molar-refractivity contribution in [2.45, 2.75) is 16.6 Å². The molecule has 2 amide bonds. The van der Waals surface area contributed by atoms with Crippen LogP contribution in [0.25, 0.3) is 0 Å². The number of hydrogen-bond acceptors (Lipinski definition) is 13. The number of amides is 2. The molecule has 0 saturated carbocycles. The average Bonchev–Trinajstić information content (AvgIpc) is 3.45. The molecule has 4 heterocycles. The molecule has 2 aliphatic heterocycles. The maximum absolute atomic E-state index is 12.8. The van der Waals surface area contributed by atoms with Gasteiger partial charge in [-0.05, 0) is 27.5 Å². The first kappa shape index (κ1) is 22.2. The molecule has 2 N–H and O–H groups in total. The summed E-state index contributed by atoms with van der Waals surface area (Å²) in [5.41, 5.74) is 0.566.